The van der Waals surface area contributed by atoms with Crippen LogP contribution in [-0.4, -0.2) is 11.6 Å². The lowest BCUT2D eigenvalue weighted by molar-refractivity contribution is 0.0979. The summed E-state index contributed by atoms with van der Waals surface area (Å²) in [5.41, 5.74) is 8.51. The summed E-state index contributed by atoms with van der Waals surface area (Å²) in [6.07, 6.45) is 0. The predicted octanol–water partition coefficient (Wildman–Crippen LogP) is 8.39. The van der Waals surface area contributed by atoms with Crippen molar-refractivity contribution in [2.24, 2.45) is 0 Å². The van der Waals surface area contributed by atoms with E-state index in [9.17, 15) is 9.59 Å². The van der Waals surface area contributed by atoms with Crippen LogP contribution in [-0.2, 0) is 10.8 Å². The van der Waals surface area contributed by atoms with Crippen molar-refractivity contribution in [3.63, 3.8) is 0 Å². The number of carbonyl (C=O) groups excluding carboxylic acids is 2. The molecule has 0 aliphatic heterocycles. The minimum absolute atomic E-state index is 0.0747. The van der Waals surface area contributed by atoms with Crippen LogP contribution in [0.25, 0.3) is 22.3 Å². The smallest absolute Gasteiger partial charge is 0.194 e. The zero-order chi connectivity index (χ0) is 25.8. The molecule has 36 heavy (non-hydrogen) atoms. The van der Waals surface area contributed by atoms with Crippen LogP contribution in [0.15, 0.2) is 84.9 Å². The fourth-order valence-electron chi connectivity index (χ4n) is 4.83. The van der Waals surface area contributed by atoms with E-state index in [0.29, 0.717) is 22.3 Å². The Kier molecular flexibility index (Phi) is 5.59. The molecule has 4 aromatic carbocycles. The topological polar surface area (TPSA) is 34.1 Å². The second-order valence-corrected chi connectivity index (χ2v) is 11.8. The maximum atomic E-state index is 13.6. The first-order valence-corrected chi connectivity index (χ1v) is 12.5. The molecule has 0 unspecified atom stereocenters. The van der Waals surface area contributed by atoms with Gasteiger partial charge in [-0.3, -0.25) is 9.59 Å². The summed E-state index contributed by atoms with van der Waals surface area (Å²) in [5.74, 6) is -0.190. The first-order chi connectivity index (χ1) is 16.9. The van der Waals surface area contributed by atoms with Gasteiger partial charge < -0.3 is 0 Å². The fraction of sp³-hybridized carbons (Fsp3) is 0.235. The first-order valence-electron chi connectivity index (χ1n) is 12.5. The standard InChI is InChI=1S/C34H32O2/c1-33(2,3)25-13-7-21(8-14-25)23-11-17-27-29(19-23)32(36)30-20-24(12-18-28(30)31(27)35)22-9-15-26(16-10-22)34(4,5)6/h7-20H,1-6H3. The summed E-state index contributed by atoms with van der Waals surface area (Å²) < 4.78 is 0. The highest BCUT2D eigenvalue weighted by Crippen LogP contribution is 2.34. The Hall–Kier alpha value is -3.78. The van der Waals surface area contributed by atoms with Gasteiger partial charge in [0.2, 0.25) is 0 Å². The first kappa shape index (κ1) is 23.9. The average molecular weight is 473 g/mol. The van der Waals surface area contributed by atoms with Crippen LogP contribution in [0.3, 0.4) is 0 Å². The summed E-state index contributed by atoms with van der Waals surface area (Å²) in [6.45, 7) is 13.1. The van der Waals surface area contributed by atoms with Gasteiger partial charge in [0.25, 0.3) is 0 Å². The molecule has 0 fully saturated rings. The third-order valence-electron chi connectivity index (χ3n) is 7.19. The number of benzene rings is 4. The van der Waals surface area contributed by atoms with Crippen LogP contribution < -0.4 is 0 Å². The van der Waals surface area contributed by atoms with Crippen molar-refractivity contribution in [3.8, 4) is 22.3 Å². The van der Waals surface area contributed by atoms with Crippen LogP contribution in [0, 0.1) is 0 Å². The third-order valence-corrected chi connectivity index (χ3v) is 7.19. The van der Waals surface area contributed by atoms with Gasteiger partial charge in [-0.05, 0) is 68.5 Å². The van der Waals surface area contributed by atoms with Crippen molar-refractivity contribution >= 4 is 11.6 Å². The molecule has 0 aromatic heterocycles. The summed E-state index contributed by atoms with van der Waals surface area (Å²) in [4.78, 5) is 26.9. The minimum Gasteiger partial charge on any atom is -0.289 e. The van der Waals surface area contributed by atoms with E-state index in [1.165, 1.54) is 11.1 Å². The summed E-state index contributed by atoms with van der Waals surface area (Å²) >= 11 is 0. The van der Waals surface area contributed by atoms with Gasteiger partial charge in [-0.15, -0.1) is 0 Å². The van der Waals surface area contributed by atoms with Crippen LogP contribution >= 0.6 is 0 Å². The van der Waals surface area contributed by atoms with Crippen molar-refractivity contribution in [1.82, 2.24) is 0 Å². The Labute approximate surface area is 214 Å². The molecule has 2 nitrogen and oxygen atoms in total. The number of ketones is 2. The van der Waals surface area contributed by atoms with E-state index in [-0.39, 0.29) is 22.4 Å². The lowest BCUT2D eigenvalue weighted by atomic mass is 9.81. The van der Waals surface area contributed by atoms with E-state index in [1.807, 2.05) is 24.3 Å². The molecule has 0 spiro atoms. The lowest BCUT2D eigenvalue weighted by Gasteiger charge is -2.21. The maximum absolute atomic E-state index is 13.6. The third kappa shape index (κ3) is 4.22. The van der Waals surface area contributed by atoms with Crippen LogP contribution in [0.1, 0.15) is 84.5 Å². The van der Waals surface area contributed by atoms with Crippen LogP contribution in [0.2, 0.25) is 0 Å². The normalized spacial score (nSPS) is 13.4. The number of rotatable bonds is 2. The van der Waals surface area contributed by atoms with E-state index in [2.05, 4.69) is 90.1 Å². The van der Waals surface area contributed by atoms with Gasteiger partial charge in [0.15, 0.2) is 11.6 Å². The molecule has 5 rings (SSSR count). The van der Waals surface area contributed by atoms with Gasteiger partial charge >= 0.3 is 0 Å². The average Bonchev–Trinajstić information content (AvgIpc) is 2.86. The predicted molar refractivity (Wildman–Crippen MR) is 148 cm³/mol. The molecule has 0 saturated carbocycles. The molecular formula is C34H32O2. The molecule has 0 N–H and O–H groups in total. The SMILES string of the molecule is CC(C)(C)c1ccc(-c2ccc3c(c2)C(=O)c2cc(-c4ccc(C(C)(C)C)cc4)ccc2C3=O)cc1. The largest absolute Gasteiger partial charge is 0.289 e. The molecule has 4 aromatic rings. The molecule has 0 bridgehead atoms. The number of hydrogen-bond acceptors (Lipinski definition) is 2. The van der Waals surface area contributed by atoms with Gasteiger partial charge in [-0.1, -0.05) is 102 Å². The molecule has 0 heterocycles. The van der Waals surface area contributed by atoms with Crippen molar-refractivity contribution < 1.29 is 9.59 Å². The number of hydrogen-bond donors (Lipinski definition) is 0. The van der Waals surface area contributed by atoms with Crippen molar-refractivity contribution in [2.75, 3.05) is 0 Å². The molecule has 180 valence electrons. The number of carbonyl (C=O) groups is 2. The quantitative estimate of drug-likeness (QED) is 0.258. The van der Waals surface area contributed by atoms with Gasteiger partial charge in [0.1, 0.15) is 0 Å². The molecule has 0 amide bonds. The Morgan fingerprint density at radius 1 is 0.389 bits per heavy atom. The van der Waals surface area contributed by atoms with Gasteiger partial charge in [-0.25, -0.2) is 0 Å². The van der Waals surface area contributed by atoms with Crippen LogP contribution in [0.4, 0.5) is 0 Å². The van der Waals surface area contributed by atoms with Gasteiger partial charge in [0.05, 0.1) is 0 Å². The monoisotopic (exact) mass is 472 g/mol. The highest BCUT2D eigenvalue weighted by Gasteiger charge is 2.30. The second kappa shape index (κ2) is 8.41. The summed E-state index contributed by atoms with van der Waals surface area (Å²) in [6, 6.07) is 28.1. The second-order valence-electron chi connectivity index (χ2n) is 11.8. The molecule has 0 radical (unpaired) electrons. The summed E-state index contributed by atoms with van der Waals surface area (Å²) in [5, 5.41) is 0. The highest BCUT2D eigenvalue weighted by atomic mass is 16.1. The van der Waals surface area contributed by atoms with Gasteiger partial charge in [-0.2, -0.15) is 0 Å². The van der Waals surface area contributed by atoms with E-state index >= 15 is 0 Å². The Morgan fingerprint density at radius 2 is 0.694 bits per heavy atom. The Bertz CT molecular complexity index is 1380. The highest BCUT2D eigenvalue weighted by molar-refractivity contribution is 6.29. The molecule has 0 saturated heterocycles. The zero-order valence-electron chi connectivity index (χ0n) is 21.9. The Balaban J connectivity index is 1.52. The fourth-order valence-corrected chi connectivity index (χ4v) is 4.83. The maximum Gasteiger partial charge on any atom is 0.194 e. The molecule has 1 aliphatic carbocycles. The minimum atomic E-state index is -0.0964. The van der Waals surface area contributed by atoms with Crippen molar-refractivity contribution in [3.05, 3.63) is 118 Å². The van der Waals surface area contributed by atoms with E-state index in [1.54, 1.807) is 12.1 Å². The summed E-state index contributed by atoms with van der Waals surface area (Å²) in [7, 11) is 0. The van der Waals surface area contributed by atoms with Gasteiger partial charge in [0, 0.05) is 22.3 Å². The lowest BCUT2D eigenvalue weighted by Crippen LogP contribution is -2.21. The van der Waals surface area contributed by atoms with Crippen molar-refractivity contribution in [1.29, 1.82) is 0 Å². The number of fused-ring (bicyclic) bond motifs is 2. The molecular weight excluding hydrogens is 440 g/mol. The zero-order valence-corrected chi connectivity index (χ0v) is 21.9. The molecule has 2 heteroatoms. The molecule has 1 aliphatic rings. The van der Waals surface area contributed by atoms with Crippen LogP contribution in [0.5, 0.6) is 0 Å². The van der Waals surface area contributed by atoms with Crippen molar-refractivity contribution in [2.45, 2.75) is 52.4 Å². The van der Waals surface area contributed by atoms with E-state index in [0.717, 1.165) is 22.3 Å². The van der Waals surface area contributed by atoms with E-state index in [4.69, 9.17) is 0 Å². The molecule has 0 atom stereocenters. The van der Waals surface area contributed by atoms with E-state index < -0.39 is 0 Å². The Morgan fingerprint density at radius 3 is 1.03 bits per heavy atom.